The van der Waals surface area contributed by atoms with E-state index in [1.54, 1.807) is 23.0 Å². The first-order chi connectivity index (χ1) is 8.08. The Bertz CT molecular complexity index is 518. The molecule has 2 heterocycles. The molecule has 17 heavy (non-hydrogen) atoms. The van der Waals surface area contributed by atoms with Crippen LogP contribution in [0.1, 0.15) is 20.3 Å². The maximum atomic E-state index is 9.39. The molecule has 2 aromatic heterocycles. The fourth-order valence-electron chi connectivity index (χ4n) is 1.56. The molecule has 0 amide bonds. The first-order valence-electron chi connectivity index (χ1n) is 5.56. The van der Waals surface area contributed by atoms with Crippen LogP contribution in [0.15, 0.2) is 18.6 Å². The van der Waals surface area contributed by atoms with Crippen molar-refractivity contribution >= 4 is 17.3 Å². The van der Waals surface area contributed by atoms with Crippen molar-refractivity contribution in [2.45, 2.75) is 25.8 Å². The highest BCUT2D eigenvalue weighted by Gasteiger charge is 2.22. The second kappa shape index (κ2) is 4.21. The van der Waals surface area contributed by atoms with Gasteiger partial charge in [0.05, 0.1) is 18.3 Å². The number of aliphatic hydroxyl groups is 1. The van der Waals surface area contributed by atoms with E-state index < -0.39 is 5.54 Å². The lowest BCUT2D eigenvalue weighted by atomic mass is 10.0. The van der Waals surface area contributed by atoms with Crippen LogP contribution in [0.4, 0.5) is 11.6 Å². The van der Waals surface area contributed by atoms with Crippen LogP contribution >= 0.6 is 0 Å². The second-order valence-corrected chi connectivity index (χ2v) is 4.37. The summed E-state index contributed by atoms with van der Waals surface area (Å²) in [6.07, 6.45) is 5.97. The number of aliphatic hydroxyl groups excluding tert-OH is 1. The molecule has 0 aliphatic carbocycles. The van der Waals surface area contributed by atoms with E-state index in [0.29, 0.717) is 17.3 Å². The number of rotatable bonds is 4. The zero-order valence-electron chi connectivity index (χ0n) is 10.0. The van der Waals surface area contributed by atoms with Crippen molar-refractivity contribution in [1.82, 2.24) is 14.4 Å². The summed E-state index contributed by atoms with van der Waals surface area (Å²) in [6, 6.07) is 0. The van der Waals surface area contributed by atoms with Gasteiger partial charge in [-0.05, 0) is 13.3 Å². The van der Waals surface area contributed by atoms with E-state index >= 15 is 0 Å². The van der Waals surface area contributed by atoms with Crippen molar-refractivity contribution in [1.29, 1.82) is 0 Å². The third kappa shape index (κ3) is 2.16. The van der Waals surface area contributed by atoms with Gasteiger partial charge in [0.25, 0.3) is 0 Å². The van der Waals surface area contributed by atoms with Crippen molar-refractivity contribution in [2.24, 2.45) is 0 Å². The van der Waals surface area contributed by atoms with Gasteiger partial charge >= 0.3 is 0 Å². The Balaban J connectivity index is 2.44. The van der Waals surface area contributed by atoms with Gasteiger partial charge in [0.1, 0.15) is 5.82 Å². The highest BCUT2D eigenvalue weighted by molar-refractivity contribution is 5.65. The quantitative estimate of drug-likeness (QED) is 0.732. The molecule has 0 bridgehead atoms. The molecule has 1 unspecified atom stereocenters. The van der Waals surface area contributed by atoms with E-state index in [4.69, 9.17) is 5.73 Å². The fourth-order valence-corrected chi connectivity index (χ4v) is 1.56. The van der Waals surface area contributed by atoms with E-state index in [1.807, 2.05) is 13.8 Å². The van der Waals surface area contributed by atoms with Gasteiger partial charge in [0.2, 0.25) is 0 Å². The molecule has 0 aromatic carbocycles. The molecule has 6 nitrogen and oxygen atoms in total. The van der Waals surface area contributed by atoms with Crippen LogP contribution in [0.25, 0.3) is 5.65 Å². The molecule has 0 aliphatic heterocycles. The molecule has 0 saturated heterocycles. The molecule has 1 atom stereocenters. The first-order valence-corrected chi connectivity index (χ1v) is 5.56. The summed E-state index contributed by atoms with van der Waals surface area (Å²) >= 11 is 0. The van der Waals surface area contributed by atoms with Gasteiger partial charge < -0.3 is 20.6 Å². The van der Waals surface area contributed by atoms with Crippen molar-refractivity contribution in [3.05, 3.63) is 18.6 Å². The summed E-state index contributed by atoms with van der Waals surface area (Å²) < 4.78 is 1.80. The number of fused-ring (bicyclic) bond motifs is 1. The number of nitrogens with one attached hydrogen (secondary N) is 1. The molecule has 2 rings (SSSR count). The summed E-state index contributed by atoms with van der Waals surface area (Å²) in [7, 11) is 0. The Kier molecular flexibility index (Phi) is 2.89. The van der Waals surface area contributed by atoms with Crippen LogP contribution in [-0.4, -0.2) is 31.6 Å². The molecule has 0 radical (unpaired) electrons. The average Bonchev–Trinajstić information content (AvgIpc) is 2.77. The number of nitrogens with zero attached hydrogens (tertiary/aromatic N) is 3. The van der Waals surface area contributed by atoms with Crippen molar-refractivity contribution in [3.8, 4) is 0 Å². The van der Waals surface area contributed by atoms with Gasteiger partial charge in [-0.15, -0.1) is 0 Å². The van der Waals surface area contributed by atoms with E-state index in [2.05, 4.69) is 15.3 Å². The standard InChI is InChI=1S/C11H17N5O/c1-3-11(2,7-17)15-9-10-13-4-5-16(10)6-8(12)14-9/h4-6,17H,3,7,12H2,1-2H3,(H,14,15). The molecule has 0 saturated carbocycles. The van der Waals surface area contributed by atoms with Crippen molar-refractivity contribution in [3.63, 3.8) is 0 Å². The molecule has 4 N–H and O–H groups in total. The van der Waals surface area contributed by atoms with Gasteiger partial charge in [-0.2, -0.15) is 0 Å². The number of hydrogen-bond acceptors (Lipinski definition) is 5. The Labute approximate surface area is 99.5 Å². The van der Waals surface area contributed by atoms with E-state index in [1.165, 1.54) is 0 Å². The van der Waals surface area contributed by atoms with Crippen LogP contribution in [0.3, 0.4) is 0 Å². The molecule has 0 fully saturated rings. The van der Waals surface area contributed by atoms with E-state index in [-0.39, 0.29) is 6.61 Å². The van der Waals surface area contributed by atoms with Crippen LogP contribution < -0.4 is 11.1 Å². The van der Waals surface area contributed by atoms with Gasteiger partial charge in [-0.25, -0.2) is 9.97 Å². The molecular weight excluding hydrogens is 218 g/mol. The molecule has 0 spiro atoms. The van der Waals surface area contributed by atoms with Crippen LogP contribution in [0, 0.1) is 0 Å². The number of nitrogens with two attached hydrogens (primary N) is 1. The van der Waals surface area contributed by atoms with E-state index in [9.17, 15) is 5.11 Å². The van der Waals surface area contributed by atoms with Gasteiger partial charge in [-0.1, -0.05) is 6.92 Å². The summed E-state index contributed by atoms with van der Waals surface area (Å²) in [4.78, 5) is 8.44. The molecular formula is C11H17N5O. The lowest BCUT2D eigenvalue weighted by Crippen LogP contribution is -2.38. The third-order valence-electron chi connectivity index (χ3n) is 2.94. The van der Waals surface area contributed by atoms with Gasteiger partial charge in [-0.3, -0.25) is 0 Å². The Morgan fingerprint density at radius 3 is 3.00 bits per heavy atom. The lowest BCUT2D eigenvalue weighted by Gasteiger charge is -2.27. The SMILES string of the molecule is CCC(C)(CO)Nc1nc(N)cn2ccnc12. The predicted octanol–water partition coefficient (Wildman–Crippen LogP) is 0.884. The lowest BCUT2D eigenvalue weighted by molar-refractivity contribution is 0.218. The minimum Gasteiger partial charge on any atom is -0.394 e. The average molecular weight is 235 g/mol. The maximum Gasteiger partial charge on any atom is 0.180 e. The number of hydrogen-bond donors (Lipinski definition) is 3. The highest BCUT2D eigenvalue weighted by atomic mass is 16.3. The Morgan fingerprint density at radius 2 is 2.35 bits per heavy atom. The number of imidazole rings is 1. The number of aromatic nitrogens is 3. The summed E-state index contributed by atoms with van der Waals surface area (Å²) in [6.45, 7) is 3.95. The number of anilines is 2. The van der Waals surface area contributed by atoms with Crippen molar-refractivity contribution < 1.29 is 5.11 Å². The zero-order chi connectivity index (χ0) is 12.5. The third-order valence-corrected chi connectivity index (χ3v) is 2.94. The van der Waals surface area contributed by atoms with Crippen LogP contribution in [-0.2, 0) is 0 Å². The maximum absolute atomic E-state index is 9.39. The number of nitrogen functional groups attached to an aromatic ring is 1. The Hall–Kier alpha value is -1.82. The molecule has 92 valence electrons. The van der Waals surface area contributed by atoms with Crippen LogP contribution in [0.2, 0.25) is 0 Å². The smallest absolute Gasteiger partial charge is 0.180 e. The summed E-state index contributed by atoms with van der Waals surface area (Å²) in [5.74, 6) is 1.00. The summed E-state index contributed by atoms with van der Waals surface area (Å²) in [5.41, 5.74) is 6.00. The predicted molar refractivity (Wildman–Crippen MR) is 66.8 cm³/mol. The van der Waals surface area contributed by atoms with Gasteiger partial charge in [0, 0.05) is 12.4 Å². The second-order valence-electron chi connectivity index (χ2n) is 4.37. The minimum atomic E-state index is -0.423. The fraction of sp³-hybridized carbons (Fsp3) is 0.455. The van der Waals surface area contributed by atoms with Gasteiger partial charge in [0.15, 0.2) is 11.5 Å². The Morgan fingerprint density at radius 1 is 1.59 bits per heavy atom. The first kappa shape index (κ1) is 11.7. The van der Waals surface area contributed by atoms with Crippen LogP contribution in [0.5, 0.6) is 0 Å². The van der Waals surface area contributed by atoms with Crippen molar-refractivity contribution in [2.75, 3.05) is 17.7 Å². The summed E-state index contributed by atoms with van der Waals surface area (Å²) in [5, 5.41) is 12.6. The van der Waals surface area contributed by atoms with E-state index in [0.717, 1.165) is 6.42 Å². The normalized spacial score (nSPS) is 14.8. The molecule has 0 aliphatic rings. The topological polar surface area (TPSA) is 88.5 Å². The zero-order valence-corrected chi connectivity index (χ0v) is 10.0. The largest absolute Gasteiger partial charge is 0.394 e. The molecule has 6 heteroatoms. The minimum absolute atomic E-state index is 0.0207. The highest BCUT2D eigenvalue weighted by Crippen LogP contribution is 2.21. The molecule has 2 aromatic rings. The monoisotopic (exact) mass is 235 g/mol.